The van der Waals surface area contributed by atoms with Gasteiger partial charge in [0.25, 0.3) is 5.56 Å². The number of nitrogens with one attached hydrogen (secondary N) is 2. The van der Waals surface area contributed by atoms with E-state index < -0.39 is 0 Å². The molecule has 0 spiro atoms. The number of benzene rings is 1. The van der Waals surface area contributed by atoms with Crippen molar-refractivity contribution >= 4 is 5.82 Å². The molecule has 0 unspecified atom stereocenters. The Morgan fingerprint density at radius 1 is 1.18 bits per heavy atom. The summed E-state index contributed by atoms with van der Waals surface area (Å²) in [6.45, 7) is 5.78. The molecule has 0 saturated heterocycles. The van der Waals surface area contributed by atoms with E-state index >= 15 is 0 Å². The standard InChI is InChI=1S/C17H21N3O2/c1-11(2)20-15(21)13-9-10-17(3,12-7-5-4-6-8-12)19-14(13)18-16(20)22/h4-8,11,19H,9-10H2,1-3H3,(H,18,22)/t17-/m1/s1. The van der Waals surface area contributed by atoms with Crippen LogP contribution in [0.1, 0.15) is 44.4 Å². The first kappa shape index (κ1) is 14.6. The van der Waals surface area contributed by atoms with Gasteiger partial charge in [0.05, 0.1) is 11.1 Å². The molecule has 0 saturated carbocycles. The molecule has 1 aliphatic rings. The van der Waals surface area contributed by atoms with Gasteiger partial charge in [-0.15, -0.1) is 0 Å². The molecule has 0 radical (unpaired) electrons. The van der Waals surface area contributed by atoms with Gasteiger partial charge >= 0.3 is 5.69 Å². The molecule has 1 atom stereocenters. The van der Waals surface area contributed by atoms with Crippen molar-refractivity contribution in [3.05, 3.63) is 62.3 Å². The van der Waals surface area contributed by atoms with E-state index in [4.69, 9.17) is 0 Å². The number of H-pyrrole nitrogens is 1. The summed E-state index contributed by atoms with van der Waals surface area (Å²) in [4.78, 5) is 27.5. The first-order chi connectivity index (χ1) is 10.4. The highest BCUT2D eigenvalue weighted by Crippen LogP contribution is 2.34. The molecule has 2 heterocycles. The Balaban J connectivity index is 2.09. The Kier molecular flexibility index (Phi) is 3.43. The molecule has 0 fully saturated rings. The molecule has 1 aromatic heterocycles. The van der Waals surface area contributed by atoms with Crippen molar-refractivity contribution in [1.29, 1.82) is 0 Å². The Morgan fingerprint density at radius 2 is 1.86 bits per heavy atom. The Labute approximate surface area is 129 Å². The molecule has 3 rings (SSSR count). The van der Waals surface area contributed by atoms with Crippen LogP contribution in [-0.4, -0.2) is 9.55 Å². The van der Waals surface area contributed by atoms with Crippen LogP contribution in [0.25, 0.3) is 0 Å². The minimum atomic E-state index is -0.358. The SMILES string of the molecule is CC(C)n1c(=O)[nH]c2c(c1=O)CC[C@](C)(c1ccccc1)N2. The summed E-state index contributed by atoms with van der Waals surface area (Å²) >= 11 is 0. The van der Waals surface area contributed by atoms with Gasteiger partial charge in [0.2, 0.25) is 0 Å². The van der Waals surface area contributed by atoms with Crippen molar-refractivity contribution in [3.8, 4) is 0 Å². The van der Waals surface area contributed by atoms with Gasteiger partial charge in [0.15, 0.2) is 0 Å². The number of fused-ring (bicyclic) bond motifs is 1. The second kappa shape index (κ2) is 5.16. The van der Waals surface area contributed by atoms with Crippen LogP contribution in [0, 0.1) is 0 Å². The van der Waals surface area contributed by atoms with E-state index in [0.717, 1.165) is 12.0 Å². The lowest BCUT2D eigenvalue weighted by atomic mass is 9.83. The average molecular weight is 299 g/mol. The number of nitrogens with zero attached hydrogens (tertiary/aromatic N) is 1. The largest absolute Gasteiger partial charge is 0.362 e. The summed E-state index contributed by atoms with van der Waals surface area (Å²) in [5.74, 6) is 0.560. The minimum absolute atomic E-state index is 0.149. The van der Waals surface area contributed by atoms with Gasteiger partial charge in [0, 0.05) is 6.04 Å². The molecular formula is C17H21N3O2. The number of hydrogen-bond acceptors (Lipinski definition) is 3. The van der Waals surface area contributed by atoms with Gasteiger partial charge in [0.1, 0.15) is 5.82 Å². The van der Waals surface area contributed by atoms with Gasteiger partial charge in [-0.05, 0) is 39.2 Å². The van der Waals surface area contributed by atoms with Crippen molar-refractivity contribution in [3.63, 3.8) is 0 Å². The zero-order chi connectivity index (χ0) is 15.9. The van der Waals surface area contributed by atoms with Crippen LogP contribution in [0.5, 0.6) is 0 Å². The van der Waals surface area contributed by atoms with Gasteiger partial charge in [-0.2, -0.15) is 0 Å². The maximum Gasteiger partial charge on any atom is 0.330 e. The highest BCUT2D eigenvalue weighted by molar-refractivity contribution is 5.50. The lowest BCUT2D eigenvalue weighted by Gasteiger charge is -2.37. The quantitative estimate of drug-likeness (QED) is 0.895. The predicted molar refractivity (Wildman–Crippen MR) is 87.4 cm³/mol. The van der Waals surface area contributed by atoms with Crippen LogP contribution in [0.15, 0.2) is 39.9 Å². The number of hydrogen-bond donors (Lipinski definition) is 2. The van der Waals surface area contributed by atoms with E-state index in [1.165, 1.54) is 4.57 Å². The zero-order valence-electron chi connectivity index (χ0n) is 13.1. The van der Waals surface area contributed by atoms with E-state index in [2.05, 4.69) is 29.4 Å². The van der Waals surface area contributed by atoms with Crippen LogP contribution in [0.3, 0.4) is 0 Å². The molecule has 116 valence electrons. The monoisotopic (exact) mass is 299 g/mol. The van der Waals surface area contributed by atoms with Gasteiger partial charge in [-0.1, -0.05) is 30.3 Å². The second-order valence-corrected chi connectivity index (χ2v) is 6.38. The third-order valence-electron chi connectivity index (χ3n) is 4.43. The van der Waals surface area contributed by atoms with Crippen LogP contribution in [-0.2, 0) is 12.0 Å². The molecule has 5 nitrogen and oxygen atoms in total. The molecule has 1 aliphatic heterocycles. The molecule has 1 aromatic carbocycles. The predicted octanol–water partition coefficient (Wildman–Crippen LogP) is 2.39. The average Bonchev–Trinajstić information content (AvgIpc) is 2.47. The lowest BCUT2D eigenvalue weighted by Crippen LogP contribution is -2.45. The summed E-state index contributed by atoms with van der Waals surface area (Å²) in [7, 11) is 0. The first-order valence-electron chi connectivity index (χ1n) is 7.64. The van der Waals surface area contributed by atoms with Gasteiger partial charge < -0.3 is 5.32 Å². The summed E-state index contributed by atoms with van der Waals surface area (Å²) in [5, 5.41) is 3.37. The van der Waals surface area contributed by atoms with E-state index in [-0.39, 0.29) is 22.8 Å². The summed E-state index contributed by atoms with van der Waals surface area (Å²) < 4.78 is 1.28. The van der Waals surface area contributed by atoms with Crippen molar-refractivity contribution in [2.45, 2.75) is 45.2 Å². The Hall–Kier alpha value is -2.30. The molecule has 22 heavy (non-hydrogen) atoms. The fraction of sp³-hybridized carbons (Fsp3) is 0.412. The molecule has 0 aliphatic carbocycles. The molecule has 0 amide bonds. The van der Waals surface area contributed by atoms with Crippen LogP contribution in [0.2, 0.25) is 0 Å². The van der Waals surface area contributed by atoms with Crippen molar-refractivity contribution < 1.29 is 0 Å². The highest BCUT2D eigenvalue weighted by Gasteiger charge is 2.33. The third-order valence-corrected chi connectivity index (χ3v) is 4.43. The number of rotatable bonds is 2. The number of aromatic nitrogens is 2. The van der Waals surface area contributed by atoms with Crippen molar-refractivity contribution in [1.82, 2.24) is 9.55 Å². The van der Waals surface area contributed by atoms with E-state index in [9.17, 15) is 9.59 Å². The van der Waals surface area contributed by atoms with E-state index in [0.29, 0.717) is 17.8 Å². The second-order valence-electron chi connectivity index (χ2n) is 6.38. The summed E-state index contributed by atoms with van der Waals surface area (Å²) in [6.07, 6.45) is 1.46. The first-order valence-corrected chi connectivity index (χ1v) is 7.64. The van der Waals surface area contributed by atoms with Crippen LogP contribution >= 0.6 is 0 Å². The van der Waals surface area contributed by atoms with Crippen molar-refractivity contribution in [2.24, 2.45) is 0 Å². The molecular weight excluding hydrogens is 278 g/mol. The third kappa shape index (κ3) is 2.26. The smallest absolute Gasteiger partial charge is 0.330 e. The summed E-state index contributed by atoms with van der Waals surface area (Å²) in [6, 6.07) is 9.95. The van der Waals surface area contributed by atoms with Gasteiger partial charge in [-0.25, -0.2) is 4.79 Å². The Morgan fingerprint density at radius 3 is 2.50 bits per heavy atom. The summed E-state index contributed by atoms with van der Waals surface area (Å²) in [5.41, 5.74) is 0.990. The molecule has 2 aromatic rings. The van der Waals surface area contributed by atoms with Crippen molar-refractivity contribution in [2.75, 3.05) is 5.32 Å². The lowest BCUT2D eigenvalue weighted by molar-refractivity contribution is 0.461. The maximum atomic E-state index is 12.5. The number of aromatic amines is 1. The van der Waals surface area contributed by atoms with E-state index in [1.807, 2.05) is 32.0 Å². The van der Waals surface area contributed by atoms with Crippen LogP contribution in [0.4, 0.5) is 5.82 Å². The maximum absolute atomic E-state index is 12.5. The van der Waals surface area contributed by atoms with Crippen LogP contribution < -0.4 is 16.6 Å². The van der Waals surface area contributed by atoms with Gasteiger partial charge in [-0.3, -0.25) is 14.3 Å². The van der Waals surface area contributed by atoms with E-state index in [1.54, 1.807) is 0 Å². The molecule has 5 heteroatoms. The number of anilines is 1. The fourth-order valence-corrected chi connectivity index (χ4v) is 3.13. The topological polar surface area (TPSA) is 66.9 Å². The minimum Gasteiger partial charge on any atom is -0.362 e. The highest BCUT2D eigenvalue weighted by atomic mass is 16.2. The molecule has 2 N–H and O–H groups in total. The normalized spacial score (nSPS) is 20.5. The molecule has 0 bridgehead atoms. The zero-order valence-corrected chi connectivity index (χ0v) is 13.1. The fourth-order valence-electron chi connectivity index (χ4n) is 3.13. The Bertz CT molecular complexity index is 805.